The summed E-state index contributed by atoms with van der Waals surface area (Å²) in [4.78, 5) is 12.1. The van der Waals surface area contributed by atoms with Crippen molar-refractivity contribution in [1.29, 1.82) is 0 Å². The van der Waals surface area contributed by atoms with Crippen molar-refractivity contribution in [3.8, 4) is 0 Å². The van der Waals surface area contributed by atoms with E-state index in [1.54, 1.807) is 0 Å². The van der Waals surface area contributed by atoms with E-state index in [4.69, 9.17) is 17.3 Å². The van der Waals surface area contributed by atoms with Gasteiger partial charge in [-0.1, -0.05) is 11.6 Å². The fourth-order valence-corrected chi connectivity index (χ4v) is 2.47. The highest BCUT2D eigenvalue weighted by molar-refractivity contribution is 6.32. The summed E-state index contributed by atoms with van der Waals surface area (Å²) in [5, 5.41) is 10.1. The summed E-state index contributed by atoms with van der Waals surface area (Å²) in [5.74, 6) is 0.610. The predicted octanol–water partition coefficient (Wildman–Crippen LogP) is 0.213. The van der Waals surface area contributed by atoms with E-state index < -0.39 is 0 Å². The van der Waals surface area contributed by atoms with Gasteiger partial charge in [-0.05, 0) is 20.5 Å². The van der Waals surface area contributed by atoms with Crippen LogP contribution in [-0.4, -0.2) is 59.3 Å². The monoisotopic (exact) mass is 271 g/mol. The van der Waals surface area contributed by atoms with Gasteiger partial charge >= 0.3 is 0 Å². The second-order valence-electron chi connectivity index (χ2n) is 4.86. The summed E-state index contributed by atoms with van der Waals surface area (Å²) >= 11 is 5.91. The number of aromatic nitrogens is 2. The standard InChI is InChI=1S/C11H18ClN5O/c1-16(2)4-7-3-8(18)5-17(7)11-9(13)10(12)14-6-15-11/h6-8,18H,3-5,13H2,1-2H3. The molecule has 0 spiro atoms. The summed E-state index contributed by atoms with van der Waals surface area (Å²) in [7, 11) is 4.00. The Morgan fingerprint density at radius 1 is 1.56 bits per heavy atom. The van der Waals surface area contributed by atoms with Crippen molar-refractivity contribution < 1.29 is 5.11 Å². The fraction of sp³-hybridized carbons (Fsp3) is 0.636. The number of aliphatic hydroxyl groups is 1. The number of aliphatic hydroxyl groups excluding tert-OH is 1. The first-order valence-electron chi connectivity index (χ1n) is 5.84. The van der Waals surface area contributed by atoms with Crippen LogP contribution in [0.25, 0.3) is 0 Å². The minimum Gasteiger partial charge on any atom is -0.393 e. The lowest BCUT2D eigenvalue weighted by Crippen LogP contribution is -2.38. The molecule has 2 rings (SSSR count). The molecule has 3 N–H and O–H groups in total. The summed E-state index contributed by atoms with van der Waals surface area (Å²) in [6.45, 7) is 1.36. The van der Waals surface area contributed by atoms with Gasteiger partial charge in [0.15, 0.2) is 11.0 Å². The molecule has 100 valence electrons. The van der Waals surface area contributed by atoms with Crippen LogP contribution in [0.1, 0.15) is 6.42 Å². The summed E-state index contributed by atoms with van der Waals surface area (Å²) < 4.78 is 0. The van der Waals surface area contributed by atoms with Crippen LogP contribution >= 0.6 is 11.6 Å². The van der Waals surface area contributed by atoms with Gasteiger partial charge in [-0.25, -0.2) is 9.97 Å². The number of hydrogen-bond donors (Lipinski definition) is 2. The van der Waals surface area contributed by atoms with Gasteiger partial charge in [0, 0.05) is 19.1 Å². The zero-order valence-electron chi connectivity index (χ0n) is 10.5. The van der Waals surface area contributed by atoms with Crippen LogP contribution in [-0.2, 0) is 0 Å². The Morgan fingerprint density at radius 3 is 2.94 bits per heavy atom. The molecular weight excluding hydrogens is 254 g/mol. The van der Waals surface area contributed by atoms with Crippen molar-refractivity contribution >= 4 is 23.1 Å². The topological polar surface area (TPSA) is 78.5 Å². The molecule has 0 saturated carbocycles. The molecule has 7 heteroatoms. The maximum Gasteiger partial charge on any atom is 0.157 e. The minimum atomic E-state index is -0.358. The average Bonchev–Trinajstić information content (AvgIpc) is 2.62. The Kier molecular flexibility index (Phi) is 3.89. The Balaban J connectivity index is 2.27. The Labute approximate surface area is 111 Å². The second-order valence-corrected chi connectivity index (χ2v) is 5.22. The van der Waals surface area contributed by atoms with E-state index in [0.29, 0.717) is 24.5 Å². The van der Waals surface area contributed by atoms with Crippen molar-refractivity contribution in [1.82, 2.24) is 14.9 Å². The first kappa shape index (κ1) is 13.3. The van der Waals surface area contributed by atoms with Gasteiger partial charge in [0.05, 0.1) is 6.10 Å². The first-order chi connectivity index (χ1) is 8.49. The van der Waals surface area contributed by atoms with Crippen LogP contribution in [0.2, 0.25) is 5.15 Å². The second kappa shape index (κ2) is 5.26. The molecule has 2 unspecified atom stereocenters. The largest absolute Gasteiger partial charge is 0.393 e. The summed E-state index contributed by atoms with van der Waals surface area (Å²) in [6, 6.07) is 0.184. The molecule has 0 bridgehead atoms. The molecule has 1 aliphatic rings. The lowest BCUT2D eigenvalue weighted by Gasteiger charge is -2.28. The average molecular weight is 272 g/mol. The highest BCUT2D eigenvalue weighted by Crippen LogP contribution is 2.31. The Morgan fingerprint density at radius 2 is 2.28 bits per heavy atom. The molecule has 6 nitrogen and oxygen atoms in total. The maximum atomic E-state index is 9.83. The number of anilines is 2. The predicted molar refractivity (Wildman–Crippen MR) is 71.8 cm³/mol. The quantitative estimate of drug-likeness (QED) is 0.766. The molecule has 0 amide bonds. The van der Waals surface area contributed by atoms with Crippen LogP contribution in [0.3, 0.4) is 0 Å². The number of hydrogen-bond acceptors (Lipinski definition) is 6. The van der Waals surface area contributed by atoms with Crippen molar-refractivity contribution in [3.63, 3.8) is 0 Å². The molecule has 0 aromatic carbocycles. The molecule has 1 aromatic heterocycles. The highest BCUT2D eigenvalue weighted by Gasteiger charge is 2.33. The Bertz CT molecular complexity index is 428. The molecule has 2 atom stereocenters. The highest BCUT2D eigenvalue weighted by atomic mass is 35.5. The SMILES string of the molecule is CN(C)CC1CC(O)CN1c1ncnc(Cl)c1N. The molecule has 0 radical (unpaired) electrons. The van der Waals surface area contributed by atoms with Gasteiger partial charge in [0.2, 0.25) is 0 Å². The molecule has 0 aliphatic carbocycles. The van der Waals surface area contributed by atoms with E-state index in [2.05, 4.69) is 14.9 Å². The van der Waals surface area contributed by atoms with Crippen molar-refractivity contribution in [3.05, 3.63) is 11.5 Å². The van der Waals surface area contributed by atoms with Crippen molar-refractivity contribution in [2.24, 2.45) is 0 Å². The van der Waals surface area contributed by atoms with Gasteiger partial charge in [0.25, 0.3) is 0 Å². The number of rotatable bonds is 3. The Hall–Kier alpha value is -1.11. The third kappa shape index (κ3) is 2.66. The first-order valence-corrected chi connectivity index (χ1v) is 6.22. The fourth-order valence-electron chi connectivity index (χ4n) is 2.34. The van der Waals surface area contributed by atoms with E-state index in [9.17, 15) is 5.11 Å². The minimum absolute atomic E-state index is 0.184. The third-order valence-electron chi connectivity index (χ3n) is 3.05. The van der Waals surface area contributed by atoms with E-state index in [0.717, 1.165) is 6.54 Å². The molecule has 1 aliphatic heterocycles. The van der Waals surface area contributed by atoms with Crippen molar-refractivity contribution in [2.75, 3.05) is 37.8 Å². The van der Waals surface area contributed by atoms with Crippen LogP contribution in [0.15, 0.2) is 6.33 Å². The van der Waals surface area contributed by atoms with Crippen LogP contribution in [0, 0.1) is 0 Å². The zero-order chi connectivity index (χ0) is 13.3. The summed E-state index contributed by atoms with van der Waals surface area (Å²) in [5.41, 5.74) is 6.28. The normalized spacial score (nSPS) is 23.9. The number of likely N-dealkylation sites (N-methyl/N-ethyl adjacent to an activating group) is 1. The van der Waals surface area contributed by atoms with Crippen LogP contribution in [0.5, 0.6) is 0 Å². The molecule has 1 saturated heterocycles. The van der Waals surface area contributed by atoms with E-state index in [1.807, 2.05) is 19.0 Å². The molecule has 18 heavy (non-hydrogen) atoms. The number of β-amino-alcohol motifs (C(OH)–C–C–N with tert-alkyl or cyclic N) is 1. The molecule has 1 fully saturated rings. The van der Waals surface area contributed by atoms with Gasteiger partial charge < -0.3 is 20.6 Å². The molecule has 1 aromatic rings. The number of halogens is 1. The molecular formula is C11H18ClN5O. The van der Waals surface area contributed by atoms with Gasteiger partial charge in [0.1, 0.15) is 12.0 Å². The number of nitrogens with two attached hydrogens (primary N) is 1. The van der Waals surface area contributed by atoms with E-state index in [-0.39, 0.29) is 17.3 Å². The lowest BCUT2D eigenvalue weighted by atomic mass is 10.2. The number of nitrogens with zero attached hydrogens (tertiary/aromatic N) is 4. The maximum absolute atomic E-state index is 9.83. The van der Waals surface area contributed by atoms with E-state index in [1.165, 1.54) is 6.33 Å². The lowest BCUT2D eigenvalue weighted by molar-refractivity contribution is 0.191. The smallest absolute Gasteiger partial charge is 0.157 e. The summed E-state index contributed by atoms with van der Waals surface area (Å²) in [6.07, 6.45) is 1.74. The van der Waals surface area contributed by atoms with Gasteiger partial charge in [-0.3, -0.25) is 0 Å². The van der Waals surface area contributed by atoms with Crippen molar-refractivity contribution in [2.45, 2.75) is 18.6 Å². The van der Waals surface area contributed by atoms with E-state index >= 15 is 0 Å². The zero-order valence-corrected chi connectivity index (χ0v) is 11.3. The van der Waals surface area contributed by atoms with Gasteiger partial charge in [-0.15, -0.1) is 0 Å². The molecule has 2 heterocycles. The van der Waals surface area contributed by atoms with Gasteiger partial charge in [-0.2, -0.15) is 0 Å². The third-order valence-corrected chi connectivity index (χ3v) is 3.36. The van der Waals surface area contributed by atoms with Crippen LogP contribution < -0.4 is 10.6 Å². The number of nitrogen functional groups attached to an aromatic ring is 1. The van der Waals surface area contributed by atoms with Crippen LogP contribution in [0.4, 0.5) is 11.5 Å².